The van der Waals surface area contributed by atoms with Crippen LogP contribution in [0.2, 0.25) is 0 Å². The van der Waals surface area contributed by atoms with Crippen molar-refractivity contribution in [3.05, 3.63) is 59.7 Å². The van der Waals surface area contributed by atoms with Gasteiger partial charge in [-0.25, -0.2) is 0 Å². The Bertz CT molecular complexity index is 845. The molecule has 2 aromatic carbocycles. The van der Waals surface area contributed by atoms with Crippen LogP contribution in [0.5, 0.6) is 0 Å². The zero-order valence-electron chi connectivity index (χ0n) is 16.6. The van der Waals surface area contributed by atoms with Crippen molar-refractivity contribution in [2.75, 3.05) is 6.54 Å². The summed E-state index contributed by atoms with van der Waals surface area (Å²) in [5.41, 5.74) is 4.00. The Hall–Kier alpha value is -2.95. The van der Waals surface area contributed by atoms with E-state index >= 15 is 0 Å². The van der Waals surface area contributed by atoms with Crippen LogP contribution in [-0.4, -0.2) is 34.3 Å². The summed E-state index contributed by atoms with van der Waals surface area (Å²) < 4.78 is 0. The zero-order chi connectivity index (χ0) is 20.5. The summed E-state index contributed by atoms with van der Waals surface area (Å²) in [5.74, 6) is -0.460. The van der Waals surface area contributed by atoms with Gasteiger partial charge in [-0.05, 0) is 42.0 Å². The third kappa shape index (κ3) is 6.05. The summed E-state index contributed by atoms with van der Waals surface area (Å²) in [7, 11) is 0. The number of amidine groups is 1. The number of carboxylic acid groups (broad SMARTS) is 1. The van der Waals surface area contributed by atoms with Gasteiger partial charge in [0.05, 0.1) is 6.42 Å². The number of hydrogen-bond donors (Lipinski definition) is 2. The van der Waals surface area contributed by atoms with Crippen molar-refractivity contribution in [2.24, 2.45) is 0 Å². The Morgan fingerprint density at radius 1 is 1.00 bits per heavy atom. The van der Waals surface area contributed by atoms with Crippen LogP contribution in [0.25, 0.3) is 11.1 Å². The summed E-state index contributed by atoms with van der Waals surface area (Å²) in [6.07, 6.45) is 2.62. The lowest BCUT2D eigenvalue weighted by molar-refractivity contribution is -0.136. The van der Waals surface area contributed by atoms with Crippen LogP contribution in [0, 0.1) is 5.41 Å². The molecule has 5 heteroatoms. The molecule has 0 aliphatic rings. The first-order chi connectivity index (χ1) is 13.4. The topological polar surface area (TPSA) is 81.5 Å². The molecule has 0 atom stereocenters. The standard InChI is InChI=1S/C23H28N2O3/c1-3-22(26)25(4-2)21(24)13-7-9-17-8-5-11-19(14-17)20-12-6-10-18(15-20)16-23(27)28/h5-6,8,10-12,14-15,24H,3-4,7,9,13,16H2,1-2H3,(H,27,28). The maximum atomic E-state index is 11.9. The van der Waals surface area contributed by atoms with Crippen LogP contribution < -0.4 is 0 Å². The summed E-state index contributed by atoms with van der Waals surface area (Å²) in [5, 5.41) is 17.1. The van der Waals surface area contributed by atoms with Gasteiger partial charge in [0.1, 0.15) is 5.84 Å². The predicted octanol–water partition coefficient (Wildman–Crippen LogP) is 4.54. The van der Waals surface area contributed by atoms with E-state index in [4.69, 9.17) is 10.5 Å². The lowest BCUT2D eigenvalue weighted by Crippen LogP contribution is -2.35. The number of carboxylic acids is 1. The van der Waals surface area contributed by atoms with Crippen LogP contribution in [-0.2, 0) is 22.4 Å². The molecule has 5 nitrogen and oxygen atoms in total. The van der Waals surface area contributed by atoms with Crippen LogP contribution >= 0.6 is 0 Å². The van der Waals surface area contributed by atoms with Crippen molar-refractivity contribution in [3.8, 4) is 11.1 Å². The Morgan fingerprint density at radius 3 is 2.18 bits per heavy atom. The second-order valence-electron chi connectivity index (χ2n) is 6.76. The molecule has 0 radical (unpaired) electrons. The molecule has 148 valence electrons. The van der Waals surface area contributed by atoms with Crippen LogP contribution in [0.15, 0.2) is 48.5 Å². The van der Waals surface area contributed by atoms with Crippen LogP contribution in [0.3, 0.4) is 0 Å². The lowest BCUT2D eigenvalue weighted by Gasteiger charge is -2.21. The fourth-order valence-corrected chi connectivity index (χ4v) is 3.25. The first-order valence-corrected chi connectivity index (χ1v) is 9.72. The number of rotatable bonds is 9. The number of nitrogens with zero attached hydrogens (tertiary/aromatic N) is 1. The van der Waals surface area contributed by atoms with E-state index in [1.807, 2.05) is 50.2 Å². The van der Waals surface area contributed by atoms with E-state index in [1.165, 1.54) is 5.56 Å². The molecule has 0 saturated heterocycles. The van der Waals surface area contributed by atoms with Crippen molar-refractivity contribution >= 4 is 17.7 Å². The van der Waals surface area contributed by atoms with E-state index in [9.17, 15) is 9.59 Å². The minimum atomic E-state index is -0.837. The van der Waals surface area contributed by atoms with Crippen molar-refractivity contribution < 1.29 is 14.7 Å². The molecule has 2 rings (SSSR count). The van der Waals surface area contributed by atoms with Gasteiger partial charge in [0.25, 0.3) is 0 Å². The van der Waals surface area contributed by atoms with E-state index in [-0.39, 0.29) is 12.3 Å². The third-order valence-corrected chi connectivity index (χ3v) is 4.67. The molecule has 0 heterocycles. The van der Waals surface area contributed by atoms with Gasteiger partial charge in [-0.1, -0.05) is 55.5 Å². The number of hydrogen-bond acceptors (Lipinski definition) is 3. The van der Waals surface area contributed by atoms with E-state index in [0.29, 0.717) is 25.2 Å². The van der Waals surface area contributed by atoms with Gasteiger partial charge in [-0.3, -0.25) is 15.0 Å². The quantitative estimate of drug-likeness (QED) is 0.495. The van der Waals surface area contributed by atoms with Gasteiger partial charge in [0.15, 0.2) is 0 Å². The molecule has 1 amide bonds. The van der Waals surface area contributed by atoms with E-state index in [1.54, 1.807) is 4.90 Å². The molecule has 0 unspecified atom stereocenters. The highest BCUT2D eigenvalue weighted by atomic mass is 16.4. The Balaban J connectivity index is 2.01. The molecule has 28 heavy (non-hydrogen) atoms. The molecule has 0 aliphatic heterocycles. The lowest BCUT2D eigenvalue weighted by atomic mass is 9.98. The van der Waals surface area contributed by atoms with E-state index < -0.39 is 5.97 Å². The number of carbonyl (C=O) groups excluding carboxylic acids is 1. The summed E-state index contributed by atoms with van der Waals surface area (Å²) in [6, 6.07) is 15.8. The second kappa shape index (κ2) is 10.4. The fraction of sp³-hybridized carbons (Fsp3) is 0.348. The minimum absolute atomic E-state index is 0.00394. The first-order valence-electron chi connectivity index (χ1n) is 9.72. The smallest absolute Gasteiger partial charge is 0.307 e. The summed E-state index contributed by atoms with van der Waals surface area (Å²) >= 11 is 0. The molecule has 0 spiro atoms. The summed E-state index contributed by atoms with van der Waals surface area (Å²) in [4.78, 5) is 24.3. The summed E-state index contributed by atoms with van der Waals surface area (Å²) in [6.45, 7) is 4.24. The average Bonchev–Trinajstić information content (AvgIpc) is 2.68. The van der Waals surface area contributed by atoms with Gasteiger partial charge < -0.3 is 10.0 Å². The minimum Gasteiger partial charge on any atom is -0.481 e. The SMILES string of the molecule is CCC(=O)N(CC)C(=N)CCCc1cccc(-c2cccc(CC(=O)O)c2)c1. The largest absolute Gasteiger partial charge is 0.481 e. The molecule has 0 aliphatic carbocycles. The van der Waals surface area contributed by atoms with Crippen molar-refractivity contribution in [1.82, 2.24) is 4.90 Å². The molecule has 2 aromatic rings. The number of nitrogens with one attached hydrogen (secondary N) is 1. The number of amides is 1. The molecular formula is C23H28N2O3. The van der Waals surface area contributed by atoms with Crippen LogP contribution in [0.4, 0.5) is 0 Å². The van der Waals surface area contributed by atoms with Gasteiger partial charge >= 0.3 is 5.97 Å². The highest BCUT2D eigenvalue weighted by Crippen LogP contribution is 2.23. The maximum absolute atomic E-state index is 11.9. The molecule has 0 aromatic heterocycles. The van der Waals surface area contributed by atoms with Gasteiger partial charge in [-0.15, -0.1) is 0 Å². The Morgan fingerprint density at radius 2 is 1.61 bits per heavy atom. The number of aryl methyl sites for hydroxylation is 1. The predicted molar refractivity (Wildman–Crippen MR) is 112 cm³/mol. The number of carbonyl (C=O) groups is 2. The van der Waals surface area contributed by atoms with Gasteiger partial charge in [-0.2, -0.15) is 0 Å². The van der Waals surface area contributed by atoms with E-state index in [2.05, 4.69) is 12.1 Å². The molecule has 2 N–H and O–H groups in total. The van der Waals surface area contributed by atoms with Gasteiger partial charge in [0.2, 0.25) is 5.91 Å². The second-order valence-corrected chi connectivity index (χ2v) is 6.76. The monoisotopic (exact) mass is 380 g/mol. The van der Waals surface area contributed by atoms with Gasteiger partial charge in [0, 0.05) is 19.4 Å². The van der Waals surface area contributed by atoms with Crippen molar-refractivity contribution in [2.45, 2.75) is 46.0 Å². The third-order valence-electron chi connectivity index (χ3n) is 4.67. The highest BCUT2D eigenvalue weighted by Gasteiger charge is 2.14. The first kappa shape index (κ1) is 21.4. The molecule has 0 saturated carbocycles. The fourth-order valence-electron chi connectivity index (χ4n) is 3.25. The Labute approximate surface area is 166 Å². The molecular weight excluding hydrogens is 352 g/mol. The normalized spacial score (nSPS) is 10.5. The van der Waals surface area contributed by atoms with Crippen molar-refractivity contribution in [3.63, 3.8) is 0 Å². The Kier molecular flexibility index (Phi) is 7.93. The van der Waals surface area contributed by atoms with Crippen LogP contribution in [0.1, 0.15) is 44.2 Å². The zero-order valence-corrected chi connectivity index (χ0v) is 16.6. The highest BCUT2D eigenvalue weighted by molar-refractivity contribution is 5.96. The number of aliphatic carboxylic acids is 1. The van der Waals surface area contributed by atoms with E-state index in [0.717, 1.165) is 29.5 Å². The average molecular weight is 380 g/mol. The molecule has 0 fully saturated rings. The van der Waals surface area contributed by atoms with Crippen molar-refractivity contribution in [1.29, 1.82) is 5.41 Å². The number of benzene rings is 2. The maximum Gasteiger partial charge on any atom is 0.307 e. The molecule has 0 bridgehead atoms.